The van der Waals surface area contributed by atoms with Gasteiger partial charge in [-0.05, 0) is 117 Å². The Bertz CT molecular complexity index is 3630. The summed E-state index contributed by atoms with van der Waals surface area (Å²) in [7, 11) is 0. The Balaban J connectivity index is 0.963. The summed E-state index contributed by atoms with van der Waals surface area (Å²) in [5, 5.41) is 7.43. The first kappa shape index (κ1) is 35.1. The summed E-state index contributed by atoms with van der Waals surface area (Å²) in [6, 6.07) is 82.2. The van der Waals surface area contributed by atoms with Crippen LogP contribution >= 0.6 is 11.3 Å². The highest BCUT2D eigenvalue weighted by Crippen LogP contribution is 2.57. The molecule has 0 bridgehead atoms. The van der Waals surface area contributed by atoms with Gasteiger partial charge >= 0.3 is 0 Å². The lowest BCUT2D eigenvalue weighted by Crippen LogP contribution is -2.28. The number of benzene rings is 10. The quantitative estimate of drug-likeness (QED) is 0.166. The lowest BCUT2D eigenvalue weighted by molar-refractivity contribution is 0.669. The number of rotatable bonds is 6. The number of nitrogens with zero attached hydrogens (tertiary/aromatic N) is 1. The third-order valence-corrected chi connectivity index (χ3v) is 14.3. The van der Waals surface area contributed by atoms with Crippen molar-refractivity contribution < 1.29 is 4.42 Å². The Kier molecular flexibility index (Phi) is 7.72. The highest BCUT2D eigenvalue weighted by molar-refractivity contribution is 7.26. The van der Waals surface area contributed by atoms with Crippen LogP contribution in [-0.4, -0.2) is 0 Å². The van der Waals surface area contributed by atoms with Gasteiger partial charge in [-0.1, -0.05) is 158 Å². The van der Waals surface area contributed by atoms with E-state index in [1.54, 1.807) is 0 Å². The molecule has 2 nitrogen and oxygen atoms in total. The maximum absolute atomic E-state index is 6.37. The molecule has 0 saturated carbocycles. The van der Waals surface area contributed by atoms with Gasteiger partial charge in [0.25, 0.3) is 0 Å². The monoisotopic (exact) mass is 807 g/mol. The van der Waals surface area contributed by atoms with Crippen LogP contribution in [0.25, 0.3) is 75.1 Å². The molecule has 3 heteroatoms. The number of para-hydroxylation sites is 2. The molecule has 0 N–H and O–H groups in total. The first-order valence-corrected chi connectivity index (χ1v) is 22.1. The molecular weight excluding hydrogens is 771 g/mol. The smallest absolute Gasteiger partial charge is 0.136 e. The molecule has 0 aliphatic heterocycles. The van der Waals surface area contributed by atoms with E-state index in [4.69, 9.17) is 4.42 Å². The van der Waals surface area contributed by atoms with Gasteiger partial charge < -0.3 is 9.32 Å². The Labute approximate surface area is 363 Å². The fraction of sp³-hybridized carbons (Fsp3) is 0.0169. The van der Waals surface area contributed by atoms with Gasteiger partial charge in [-0.3, -0.25) is 0 Å². The van der Waals surface area contributed by atoms with Crippen LogP contribution < -0.4 is 4.90 Å². The van der Waals surface area contributed by atoms with Crippen molar-refractivity contribution in [1.29, 1.82) is 0 Å². The van der Waals surface area contributed by atoms with E-state index in [0.29, 0.717) is 0 Å². The molecule has 10 aromatic carbocycles. The summed E-state index contributed by atoms with van der Waals surface area (Å²) in [4.78, 5) is 2.40. The molecule has 0 amide bonds. The van der Waals surface area contributed by atoms with E-state index in [0.717, 1.165) is 33.6 Å². The summed E-state index contributed by atoms with van der Waals surface area (Å²) in [6.07, 6.45) is 0. The predicted molar refractivity (Wildman–Crippen MR) is 262 cm³/mol. The van der Waals surface area contributed by atoms with Crippen molar-refractivity contribution in [1.82, 2.24) is 0 Å². The van der Waals surface area contributed by atoms with E-state index in [2.05, 4.69) is 223 Å². The second-order valence-corrected chi connectivity index (χ2v) is 17.4. The van der Waals surface area contributed by atoms with Crippen LogP contribution in [0.3, 0.4) is 0 Å². The largest absolute Gasteiger partial charge is 0.456 e. The fourth-order valence-electron chi connectivity index (χ4n) is 10.5. The molecular formula is C59H37NOS. The zero-order valence-electron chi connectivity index (χ0n) is 33.6. The highest BCUT2D eigenvalue weighted by Gasteiger charge is 2.46. The predicted octanol–water partition coefficient (Wildman–Crippen LogP) is 16.6. The van der Waals surface area contributed by atoms with E-state index >= 15 is 0 Å². The molecule has 0 spiro atoms. The van der Waals surface area contributed by atoms with Crippen molar-refractivity contribution in [3.05, 3.63) is 247 Å². The summed E-state index contributed by atoms with van der Waals surface area (Å²) in [6.45, 7) is 0. The van der Waals surface area contributed by atoms with Crippen molar-refractivity contribution in [2.24, 2.45) is 0 Å². The van der Waals surface area contributed by atoms with Gasteiger partial charge in [0.15, 0.2) is 0 Å². The molecule has 2 heterocycles. The van der Waals surface area contributed by atoms with Gasteiger partial charge in [0.2, 0.25) is 0 Å². The zero-order chi connectivity index (χ0) is 40.8. The lowest BCUT2D eigenvalue weighted by Gasteiger charge is -2.35. The Morgan fingerprint density at radius 3 is 1.77 bits per heavy atom. The van der Waals surface area contributed by atoms with Crippen LogP contribution in [0.2, 0.25) is 0 Å². The first-order chi connectivity index (χ1) is 30.7. The van der Waals surface area contributed by atoms with Gasteiger partial charge in [-0.2, -0.15) is 0 Å². The van der Waals surface area contributed by atoms with Gasteiger partial charge in [-0.15, -0.1) is 11.3 Å². The van der Waals surface area contributed by atoms with Crippen LogP contribution in [0.15, 0.2) is 229 Å². The Morgan fingerprint density at radius 1 is 0.371 bits per heavy atom. The maximum atomic E-state index is 6.37. The Morgan fingerprint density at radius 2 is 0.984 bits per heavy atom. The van der Waals surface area contributed by atoms with Crippen LogP contribution in [-0.2, 0) is 5.41 Å². The zero-order valence-corrected chi connectivity index (χ0v) is 34.4. The van der Waals surface area contributed by atoms with Crippen molar-refractivity contribution in [2.45, 2.75) is 5.41 Å². The lowest BCUT2D eigenvalue weighted by atomic mass is 9.67. The third-order valence-electron chi connectivity index (χ3n) is 13.1. The first-order valence-electron chi connectivity index (χ1n) is 21.2. The summed E-state index contributed by atoms with van der Waals surface area (Å²) in [5.74, 6) is 0. The van der Waals surface area contributed by atoms with E-state index in [9.17, 15) is 0 Å². The molecule has 12 aromatic rings. The molecule has 1 aliphatic rings. The molecule has 0 atom stereocenters. The van der Waals surface area contributed by atoms with Crippen molar-refractivity contribution in [3.8, 4) is 22.3 Å². The topological polar surface area (TPSA) is 16.4 Å². The third kappa shape index (κ3) is 5.09. The summed E-state index contributed by atoms with van der Waals surface area (Å²) in [5.41, 5.74) is 14.7. The van der Waals surface area contributed by atoms with E-state index in [-0.39, 0.29) is 0 Å². The maximum Gasteiger partial charge on any atom is 0.136 e. The van der Waals surface area contributed by atoms with Gasteiger partial charge in [0.1, 0.15) is 11.2 Å². The summed E-state index contributed by atoms with van der Waals surface area (Å²) < 4.78 is 8.95. The average molecular weight is 808 g/mol. The van der Waals surface area contributed by atoms with E-state index < -0.39 is 5.41 Å². The standard InChI is InChI=1S/C59H37NOS/c1-4-14-41(15-5-1)59(42-16-6-2-7-17-42)50-22-12-10-20-46(50)47-32-31-45(37-51(47)59)60(43-18-8-3-9-19-43)44-29-24-38(25-30-44)40-28-34-54-49(36-40)58-55(62-54)35-27-39-26-33-53-57(56(39)58)48-21-11-13-23-52(48)61-53/h1-37H. The average Bonchev–Trinajstić information content (AvgIpc) is 4.01. The van der Waals surface area contributed by atoms with Gasteiger partial charge in [0.05, 0.1) is 5.41 Å². The van der Waals surface area contributed by atoms with Crippen molar-refractivity contribution >= 4 is 81.3 Å². The van der Waals surface area contributed by atoms with Crippen LogP contribution in [0.1, 0.15) is 22.3 Å². The number of fused-ring (bicyclic) bond motifs is 12. The summed E-state index contributed by atoms with van der Waals surface area (Å²) >= 11 is 1.86. The molecule has 1 aliphatic carbocycles. The second-order valence-electron chi connectivity index (χ2n) is 16.4. The second kappa shape index (κ2) is 13.7. The minimum absolute atomic E-state index is 0.483. The highest BCUT2D eigenvalue weighted by atomic mass is 32.1. The minimum atomic E-state index is -0.483. The number of hydrogen-bond donors (Lipinski definition) is 0. The van der Waals surface area contributed by atoms with Crippen molar-refractivity contribution in [2.75, 3.05) is 4.90 Å². The molecule has 290 valence electrons. The van der Waals surface area contributed by atoms with E-state index in [1.807, 2.05) is 17.4 Å². The molecule has 13 rings (SSSR count). The number of furan rings is 1. The molecule has 0 fully saturated rings. The Hall–Kier alpha value is -7.72. The molecule has 62 heavy (non-hydrogen) atoms. The minimum Gasteiger partial charge on any atom is -0.456 e. The van der Waals surface area contributed by atoms with Crippen molar-refractivity contribution in [3.63, 3.8) is 0 Å². The molecule has 0 saturated heterocycles. The van der Waals surface area contributed by atoms with Crippen LogP contribution in [0.5, 0.6) is 0 Å². The van der Waals surface area contributed by atoms with E-state index in [1.165, 1.54) is 80.8 Å². The number of hydrogen-bond acceptors (Lipinski definition) is 3. The normalized spacial score (nSPS) is 13.0. The number of anilines is 3. The molecule has 2 aromatic heterocycles. The van der Waals surface area contributed by atoms with Crippen LogP contribution in [0, 0.1) is 0 Å². The molecule has 0 radical (unpaired) electrons. The van der Waals surface area contributed by atoms with Gasteiger partial charge in [-0.25, -0.2) is 0 Å². The number of thiophene rings is 1. The fourth-order valence-corrected chi connectivity index (χ4v) is 11.6. The van der Waals surface area contributed by atoms with Crippen LogP contribution in [0.4, 0.5) is 17.1 Å². The molecule has 0 unspecified atom stereocenters. The van der Waals surface area contributed by atoms with Gasteiger partial charge in [0, 0.05) is 53.4 Å². The SMILES string of the molecule is c1ccc(N(c2ccc(-c3ccc4sc5ccc6ccc7oc8ccccc8c7c6c5c4c3)cc2)c2ccc3c(c2)C(c2ccccc2)(c2ccccc2)c2ccccc2-3)cc1.